The van der Waals surface area contributed by atoms with Crippen LogP contribution in [0.2, 0.25) is 0 Å². The first-order valence-corrected chi connectivity index (χ1v) is 10.6. The van der Waals surface area contributed by atoms with Crippen molar-refractivity contribution in [3.63, 3.8) is 0 Å². The van der Waals surface area contributed by atoms with Crippen molar-refractivity contribution in [2.24, 2.45) is 0 Å². The largest absolute Gasteiger partial charge is 0.272 e. The minimum atomic E-state index is -0.603. The molecule has 1 heterocycles. The molecule has 0 bridgehead atoms. The number of aryl methyl sites for hydroxylation is 2. The van der Waals surface area contributed by atoms with E-state index in [9.17, 15) is 14.0 Å². The molecule has 1 aliphatic heterocycles. The van der Waals surface area contributed by atoms with Crippen molar-refractivity contribution < 1.29 is 14.0 Å². The van der Waals surface area contributed by atoms with E-state index in [1.54, 1.807) is 6.07 Å². The molecule has 150 valence electrons. The van der Waals surface area contributed by atoms with Crippen molar-refractivity contribution in [2.75, 3.05) is 4.90 Å². The van der Waals surface area contributed by atoms with Gasteiger partial charge in [-0.05, 0) is 42.7 Å². The van der Waals surface area contributed by atoms with Crippen molar-refractivity contribution in [1.29, 1.82) is 0 Å². The maximum Gasteiger partial charge on any atom is 0.272 e. The molecule has 2 amide bonds. The van der Waals surface area contributed by atoms with Gasteiger partial charge in [0.1, 0.15) is 5.82 Å². The van der Waals surface area contributed by atoms with Gasteiger partial charge in [0.25, 0.3) is 11.8 Å². The Balaban J connectivity index is 1.80. The molecule has 30 heavy (non-hydrogen) atoms. The Hall–Kier alpha value is -3.18. The highest BCUT2D eigenvalue weighted by Crippen LogP contribution is 2.41. The molecule has 0 unspecified atom stereocenters. The fourth-order valence-corrected chi connectivity index (χ4v) is 4.62. The van der Waals surface area contributed by atoms with E-state index in [0.717, 1.165) is 21.6 Å². The van der Waals surface area contributed by atoms with Crippen molar-refractivity contribution in [3.05, 3.63) is 106 Å². The lowest BCUT2D eigenvalue weighted by Crippen LogP contribution is -2.32. The SMILES string of the molecule is Cc1ccc(C2=C(SCc3ccccc3)C(=O)N(c3ccccc3F)C2=O)c(C)c1. The first-order chi connectivity index (χ1) is 14.5. The lowest BCUT2D eigenvalue weighted by molar-refractivity contribution is -0.119. The summed E-state index contributed by atoms with van der Waals surface area (Å²) < 4.78 is 14.5. The van der Waals surface area contributed by atoms with Crippen LogP contribution in [0, 0.1) is 19.7 Å². The number of anilines is 1. The molecule has 3 aromatic carbocycles. The highest BCUT2D eigenvalue weighted by molar-refractivity contribution is 8.03. The van der Waals surface area contributed by atoms with Crippen LogP contribution in [-0.4, -0.2) is 11.8 Å². The average Bonchev–Trinajstić information content (AvgIpc) is 2.97. The van der Waals surface area contributed by atoms with Crippen LogP contribution in [0.25, 0.3) is 5.57 Å². The van der Waals surface area contributed by atoms with Crippen molar-refractivity contribution in [2.45, 2.75) is 19.6 Å². The van der Waals surface area contributed by atoms with Gasteiger partial charge in [0.15, 0.2) is 0 Å². The maximum atomic E-state index is 14.5. The summed E-state index contributed by atoms with van der Waals surface area (Å²) >= 11 is 1.31. The number of rotatable bonds is 5. The first-order valence-electron chi connectivity index (χ1n) is 9.59. The van der Waals surface area contributed by atoms with E-state index in [4.69, 9.17) is 0 Å². The molecule has 0 saturated heterocycles. The Morgan fingerprint density at radius 1 is 0.867 bits per heavy atom. The summed E-state index contributed by atoms with van der Waals surface area (Å²) in [6, 6.07) is 21.3. The van der Waals surface area contributed by atoms with E-state index in [1.807, 2.05) is 62.4 Å². The van der Waals surface area contributed by atoms with Gasteiger partial charge in [-0.25, -0.2) is 9.29 Å². The maximum absolute atomic E-state index is 14.5. The molecule has 0 fully saturated rings. The number of carbonyl (C=O) groups excluding carboxylic acids is 2. The molecule has 4 rings (SSSR count). The van der Waals surface area contributed by atoms with Crippen LogP contribution in [0.15, 0.2) is 77.7 Å². The van der Waals surface area contributed by atoms with E-state index in [-0.39, 0.29) is 5.69 Å². The lowest BCUT2D eigenvalue weighted by Gasteiger charge is -2.16. The summed E-state index contributed by atoms with van der Waals surface area (Å²) in [5.74, 6) is -1.04. The number of benzene rings is 3. The van der Waals surface area contributed by atoms with Crippen LogP contribution in [0.1, 0.15) is 22.3 Å². The molecule has 0 spiro atoms. The summed E-state index contributed by atoms with van der Waals surface area (Å²) in [5, 5.41) is 0. The predicted octanol–water partition coefficient (Wildman–Crippen LogP) is 5.66. The quantitative estimate of drug-likeness (QED) is 0.503. The molecule has 0 aliphatic carbocycles. The van der Waals surface area contributed by atoms with E-state index in [0.29, 0.717) is 21.8 Å². The third-order valence-corrected chi connectivity index (χ3v) is 6.16. The second kappa shape index (κ2) is 8.28. The molecule has 3 aromatic rings. The van der Waals surface area contributed by atoms with E-state index in [2.05, 4.69) is 0 Å². The molecule has 3 nitrogen and oxygen atoms in total. The lowest BCUT2D eigenvalue weighted by atomic mass is 9.99. The van der Waals surface area contributed by atoms with Gasteiger partial charge in [0.05, 0.1) is 16.2 Å². The predicted molar refractivity (Wildman–Crippen MR) is 119 cm³/mol. The van der Waals surface area contributed by atoms with Crippen molar-refractivity contribution >= 4 is 34.8 Å². The molecule has 1 aliphatic rings. The monoisotopic (exact) mass is 417 g/mol. The van der Waals surface area contributed by atoms with Gasteiger partial charge in [-0.1, -0.05) is 66.2 Å². The number of nitrogens with zero attached hydrogens (tertiary/aromatic N) is 1. The molecular weight excluding hydrogens is 397 g/mol. The fraction of sp³-hybridized carbons (Fsp3) is 0.120. The minimum Gasteiger partial charge on any atom is -0.268 e. The molecular formula is C25H20FNO2S. The Labute approximate surface area is 179 Å². The highest BCUT2D eigenvalue weighted by atomic mass is 32.2. The van der Waals surface area contributed by atoms with Gasteiger partial charge in [-0.2, -0.15) is 0 Å². The number of para-hydroxylation sites is 1. The smallest absolute Gasteiger partial charge is 0.268 e. The van der Waals surface area contributed by atoms with E-state index in [1.165, 1.54) is 30.0 Å². The fourth-order valence-electron chi connectivity index (χ4n) is 3.56. The van der Waals surface area contributed by atoms with Crippen LogP contribution < -0.4 is 4.90 Å². The van der Waals surface area contributed by atoms with E-state index >= 15 is 0 Å². The highest BCUT2D eigenvalue weighted by Gasteiger charge is 2.41. The third-order valence-electron chi connectivity index (χ3n) is 5.01. The second-order valence-corrected chi connectivity index (χ2v) is 8.18. The van der Waals surface area contributed by atoms with Crippen LogP contribution in [0.4, 0.5) is 10.1 Å². The summed E-state index contributed by atoms with van der Waals surface area (Å²) in [7, 11) is 0. The Kier molecular flexibility index (Phi) is 5.55. The Morgan fingerprint density at radius 2 is 1.57 bits per heavy atom. The zero-order valence-corrected chi connectivity index (χ0v) is 17.5. The number of halogens is 1. The van der Waals surface area contributed by atoms with Crippen LogP contribution in [0.3, 0.4) is 0 Å². The van der Waals surface area contributed by atoms with E-state index < -0.39 is 17.6 Å². The number of hydrogen-bond donors (Lipinski definition) is 0. The molecule has 0 saturated carbocycles. The average molecular weight is 418 g/mol. The number of thioether (sulfide) groups is 1. The topological polar surface area (TPSA) is 37.4 Å². The van der Waals surface area contributed by atoms with Crippen LogP contribution >= 0.6 is 11.8 Å². The number of imide groups is 1. The van der Waals surface area contributed by atoms with Crippen molar-refractivity contribution in [3.8, 4) is 0 Å². The van der Waals surface area contributed by atoms with Gasteiger partial charge in [-0.15, -0.1) is 11.8 Å². The van der Waals surface area contributed by atoms with Crippen molar-refractivity contribution in [1.82, 2.24) is 0 Å². The number of amides is 2. The molecule has 0 atom stereocenters. The molecule has 0 radical (unpaired) electrons. The first kappa shape index (κ1) is 20.1. The zero-order valence-electron chi connectivity index (χ0n) is 16.7. The minimum absolute atomic E-state index is 0.0231. The van der Waals surface area contributed by atoms with Gasteiger partial charge in [-0.3, -0.25) is 9.59 Å². The zero-order chi connectivity index (χ0) is 21.3. The number of hydrogen-bond acceptors (Lipinski definition) is 3. The number of carbonyl (C=O) groups is 2. The Morgan fingerprint density at radius 3 is 2.27 bits per heavy atom. The summed E-state index contributed by atoms with van der Waals surface area (Å²) in [5.41, 5.74) is 4.03. The Bertz CT molecular complexity index is 1170. The standard InChI is InChI=1S/C25H20FNO2S/c1-16-12-13-19(17(2)14-16)22-23(30-15-18-8-4-3-5-9-18)25(29)27(24(22)28)21-11-7-6-10-20(21)26/h3-14H,15H2,1-2H3. The van der Waals surface area contributed by atoms with Gasteiger partial charge in [0.2, 0.25) is 0 Å². The molecule has 5 heteroatoms. The summed E-state index contributed by atoms with van der Waals surface area (Å²) in [6.45, 7) is 3.89. The van der Waals surface area contributed by atoms with Gasteiger partial charge in [0, 0.05) is 5.75 Å². The summed E-state index contributed by atoms with van der Waals surface area (Å²) in [4.78, 5) is 28.0. The summed E-state index contributed by atoms with van der Waals surface area (Å²) in [6.07, 6.45) is 0. The van der Waals surface area contributed by atoms with Crippen LogP contribution in [0.5, 0.6) is 0 Å². The molecule has 0 aromatic heterocycles. The normalized spacial score (nSPS) is 14.0. The van der Waals surface area contributed by atoms with Crippen LogP contribution in [-0.2, 0) is 15.3 Å². The molecule has 0 N–H and O–H groups in total. The van der Waals surface area contributed by atoms with Gasteiger partial charge < -0.3 is 0 Å². The second-order valence-electron chi connectivity index (χ2n) is 7.19. The van der Waals surface area contributed by atoms with Gasteiger partial charge >= 0.3 is 0 Å². The third kappa shape index (κ3) is 3.68.